The number of carboxylic acids is 1. The van der Waals surface area contributed by atoms with E-state index in [-0.39, 0.29) is 59.0 Å². The SMILES string of the molecule is Cc1ccccc1C(=O)C1OCC([C@@H]2C[C@@H](c3cc(C#N)ccc3C(=O)O)[C@]3(C)Oc4cc(-c5cccnc5)oc(=O)c4[C@H](O)[C@@H]3C2(C)C)CO1. The fourth-order valence-corrected chi connectivity index (χ4v) is 8.95. The highest BCUT2D eigenvalue weighted by molar-refractivity contribution is 5.99. The Morgan fingerprint density at radius 1 is 1.00 bits per heavy atom. The average Bonchev–Trinajstić information content (AvgIpc) is 3.11. The predicted molar refractivity (Wildman–Crippen MR) is 183 cm³/mol. The maximum Gasteiger partial charge on any atom is 0.345 e. The standard InChI is InChI=1S/C40H38N2O9/c1-21-8-5-6-10-25(21)33(43)38-48-19-24(20-49-38)28-15-29(27-14-22(17-41)11-12-26(27)36(45)46)40(4)35(39(28,2)3)34(44)32-31(51-40)16-30(50-37(32)47)23-9-7-13-42-18-23/h5-14,16,18,24,28-29,34-35,38,44H,15,19-20H2,1-4H3,(H,45,46)/t24?,28-,29-,34-,35+,38?,40-/m0/s1. The van der Waals surface area contributed by atoms with Crippen molar-refractivity contribution in [3.8, 4) is 23.1 Å². The number of benzene rings is 2. The highest BCUT2D eigenvalue weighted by atomic mass is 16.7. The van der Waals surface area contributed by atoms with Gasteiger partial charge in [-0.3, -0.25) is 9.78 Å². The van der Waals surface area contributed by atoms with Gasteiger partial charge in [-0.05, 0) is 73.1 Å². The number of aromatic nitrogens is 1. The van der Waals surface area contributed by atoms with E-state index in [0.717, 1.165) is 5.56 Å². The number of aromatic carboxylic acids is 1. The molecule has 5 atom stereocenters. The van der Waals surface area contributed by atoms with E-state index in [1.807, 2.05) is 39.8 Å². The van der Waals surface area contributed by atoms with E-state index in [9.17, 15) is 29.9 Å². The summed E-state index contributed by atoms with van der Waals surface area (Å²) in [5, 5.41) is 32.5. The van der Waals surface area contributed by atoms with E-state index in [1.54, 1.807) is 48.8 Å². The van der Waals surface area contributed by atoms with Gasteiger partial charge in [0, 0.05) is 47.3 Å². The van der Waals surface area contributed by atoms with E-state index in [1.165, 1.54) is 12.1 Å². The summed E-state index contributed by atoms with van der Waals surface area (Å²) in [6, 6.07) is 18.8. The van der Waals surface area contributed by atoms with Gasteiger partial charge in [-0.1, -0.05) is 38.1 Å². The van der Waals surface area contributed by atoms with Crippen LogP contribution in [-0.4, -0.2) is 52.1 Å². The molecule has 0 amide bonds. The predicted octanol–water partition coefficient (Wildman–Crippen LogP) is 6.08. The van der Waals surface area contributed by atoms with Crippen molar-refractivity contribution in [2.24, 2.45) is 23.2 Å². The minimum atomic E-state index is -1.37. The van der Waals surface area contributed by atoms with E-state index < -0.39 is 46.8 Å². The molecule has 7 rings (SSSR count). The Labute approximate surface area is 294 Å². The number of Topliss-reactive ketones (excluding diaryl/α,β-unsaturated/α-hetero) is 1. The van der Waals surface area contributed by atoms with Gasteiger partial charge >= 0.3 is 11.6 Å². The quantitative estimate of drug-likeness (QED) is 0.225. The summed E-state index contributed by atoms with van der Waals surface area (Å²) < 4.78 is 24.8. The summed E-state index contributed by atoms with van der Waals surface area (Å²) in [5.74, 6) is -3.13. The van der Waals surface area contributed by atoms with Crippen molar-refractivity contribution in [3.63, 3.8) is 0 Å². The minimum absolute atomic E-state index is 0.00461. The van der Waals surface area contributed by atoms with Gasteiger partial charge in [0.1, 0.15) is 22.7 Å². The zero-order chi connectivity index (χ0) is 36.2. The lowest BCUT2D eigenvalue weighted by molar-refractivity contribution is -0.224. The van der Waals surface area contributed by atoms with Crippen LogP contribution in [-0.2, 0) is 9.47 Å². The number of hydrogen-bond acceptors (Lipinski definition) is 10. The first kappa shape index (κ1) is 34.3. The summed E-state index contributed by atoms with van der Waals surface area (Å²) in [6.45, 7) is 8.01. The number of aliphatic hydroxyl groups is 1. The molecule has 2 aromatic heterocycles. The van der Waals surface area contributed by atoms with Crippen molar-refractivity contribution in [1.82, 2.24) is 4.98 Å². The number of aryl methyl sites for hydroxylation is 1. The smallest absolute Gasteiger partial charge is 0.345 e. The molecule has 11 heteroatoms. The highest BCUT2D eigenvalue weighted by Crippen LogP contribution is 2.64. The van der Waals surface area contributed by atoms with Crippen molar-refractivity contribution in [1.29, 1.82) is 5.26 Å². The van der Waals surface area contributed by atoms with E-state index in [0.29, 0.717) is 23.1 Å². The molecule has 0 bridgehead atoms. The molecular weight excluding hydrogens is 652 g/mol. The largest absolute Gasteiger partial charge is 0.486 e. The minimum Gasteiger partial charge on any atom is -0.486 e. The van der Waals surface area contributed by atoms with Gasteiger partial charge in [0.25, 0.3) is 0 Å². The van der Waals surface area contributed by atoms with Crippen molar-refractivity contribution >= 4 is 11.8 Å². The van der Waals surface area contributed by atoms with Crippen LogP contribution in [0.4, 0.5) is 0 Å². The van der Waals surface area contributed by atoms with Crippen LogP contribution >= 0.6 is 0 Å². The number of ketones is 1. The van der Waals surface area contributed by atoms with Crippen molar-refractivity contribution < 1.29 is 38.4 Å². The molecule has 3 aliphatic rings. The normalized spacial score (nSPS) is 28.0. The molecule has 4 aromatic rings. The van der Waals surface area contributed by atoms with Crippen LogP contribution in [0.5, 0.6) is 5.75 Å². The van der Waals surface area contributed by atoms with Crippen LogP contribution in [0.3, 0.4) is 0 Å². The first-order valence-electron chi connectivity index (χ1n) is 16.9. The zero-order valence-corrected chi connectivity index (χ0v) is 28.7. The number of hydrogen-bond donors (Lipinski definition) is 2. The molecule has 262 valence electrons. The second-order valence-corrected chi connectivity index (χ2v) is 14.5. The molecule has 0 radical (unpaired) electrons. The fraction of sp³-hybridized carbons (Fsp3) is 0.375. The van der Waals surface area contributed by atoms with Crippen LogP contribution in [0.1, 0.15) is 82.2 Å². The number of ether oxygens (including phenoxy) is 3. The highest BCUT2D eigenvalue weighted by Gasteiger charge is 2.65. The summed E-state index contributed by atoms with van der Waals surface area (Å²) in [5.41, 5.74) is -0.302. The molecule has 51 heavy (non-hydrogen) atoms. The number of rotatable bonds is 6. The summed E-state index contributed by atoms with van der Waals surface area (Å²) >= 11 is 0. The van der Waals surface area contributed by atoms with Gasteiger partial charge in [-0.25, -0.2) is 9.59 Å². The van der Waals surface area contributed by atoms with Gasteiger partial charge in [0.05, 0.1) is 36.5 Å². The molecular formula is C40H38N2O9. The average molecular weight is 691 g/mol. The van der Waals surface area contributed by atoms with Crippen molar-refractivity contribution in [3.05, 3.63) is 117 Å². The molecule has 4 heterocycles. The molecule has 0 spiro atoms. The Balaban J connectivity index is 1.32. The van der Waals surface area contributed by atoms with E-state index in [2.05, 4.69) is 11.1 Å². The van der Waals surface area contributed by atoms with E-state index in [4.69, 9.17) is 18.6 Å². The second-order valence-electron chi connectivity index (χ2n) is 14.5. The van der Waals surface area contributed by atoms with Gasteiger partial charge in [0.2, 0.25) is 12.1 Å². The number of nitriles is 1. The number of nitrogens with zero attached hydrogens (tertiary/aromatic N) is 2. The summed E-state index contributed by atoms with van der Waals surface area (Å²) in [7, 11) is 0. The first-order valence-corrected chi connectivity index (χ1v) is 16.9. The van der Waals surface area contributed by atoms with Crippen LogP contribution in [0, 0.1) is 41.4 Å². The third kappa shape index (κ3) is 5.73. The topological polar surface area (TPSA) is 169 Å². The second kappa shape index (κ2) is 12.9. The number of fused-ring (bicyclic) bond motifs is 2. The number of carbonyl (C=O) groups is 2. The maximum atomic E-state index is 13.6. The van der Waals surface area contributed by atoms with Gasteiger partial charge < -0.3 is 28.8 Å². The van der Waals surface area contributed by atoms with Crippen LogP contribution in [0.2, 0.25) is 0 Å². The molecule has 0 unspecified atom stereocenters. The van der Waals surface area contributed by atoms with Crippen molar-refractivity contribution in [2.45, 2.75) is 58.0 Å². The molecule has 2 aromatic carbocycles. The summed E-state index contributed by atoms with van der Waals surface area (Å²) in [6.07, 6.45) is 1.05. The molecule has 2 N–H and O–H groups in total. The molecule has 2 aliphatic heterocycles. The number of aliphatic hydroxyl groups excluding tert-OH is 1. The lowest BCUT2D eigenvalue weighted by atomic mass is 9.47. The van der Waals surface area contributed by atoms with Gasteiger partial charge in [0.15, 0.2) is 0 Å². The third-order valence-electron chi connectivity index (χ3n) is 11.3. The molecule has 1 saturated heterocycles. The van der Waals surface area contributed by atoms with Crippen molar-refractivity contribution in [2.75, 3.05) is 13.2 Å². The monoisotopic (exact) mass is 690 g/mol. The van der Waals surface area contributed by atoms with E-state index >= 15 is 0 Å². The number of carbonyl (C=O) groups excluding carboxylic acids is 1. The fourth-order valence-electron chi connectivity index (χ4n) is 8.95. The lowest BCUT2D eigenvalue weighted by Crippen LogP contribution is -2.64. The van der Waals surface area contributed by atoms with Crippen LogP contribution in [0.15, 0.2) is 82.3 Å². The lowest BCUT2D eigenvalue weighted by Gasteiger charge is -2.62. The number of carboxylic acid groups (broad SMARTS) is 1. The molecule has 1 aliphatic carbocycles. The van der Waals surface area contributed by atoms with Gasteiger partial charge in [-0.2, -0.15) is 5.26 Å². The summed E-state index contributed by atoms with van der Waals surface area (Å²) in [4.78, 5) is 43.8. The zero-order valence-electron chi connectivity index (χ0n) is 28.7. The molecule has 2 fully saturated rings. The van der Waals surface area contributed by atoms with Crippen LogP contribution < -0.4 is 10.4 Å². The Morgan fingerprint density at radius 2 is 1.75 bits per heavy atom. The number of pyridine rings is 1. The van der Waals surface area contributed by atoms with Crippen LogP contribution in [0.25, 0.3) is 11.3 Å². The first-order chi connectivity index (χ1) is 24.3. The third-order valence-corrected chi connectivity index (χ3v) is 11.3. The Hall–Kier alpha value is -5.15. The van der Waals surface area contributed by atoms with Gasteiger partial charge in [-0.15, -0.1) is 0 Å². The Bertz CT molecular complexity index is 2110. The molecule has 11 nitrogen and oxygen atoms in total. The Morgan fingerprint density at radius 3 is 2.41 bits per heavy atom. The molecule has 1 saturated carbocycles. The Kier molecular flexibility index (Phi) is 8.66. The maximum absolute atomic E-state index is 13.6.